The van der Waals surface area contributed by atoms with Crippen LogP contribution >= 0.6 is 0 Å². The highest BCUT2D eigenvalue weighted by Gasteiger charge is 2.33. The third kappa shape index (κ3) is 5.73. The standard InChI is InChI=1S/C28H33F2N5O4/c1-14-4-9-20(39-11-16-5-6-16)23(24(14)30)26-27-25(31-13-32-26)22(15(2)33-27)28(37)34-17-7-8-19(18(29)10-17)35-21(36)12-38-3/h4,9,13,16-19,33H,5-8,10-12H2,1-3H3,(H,34,37)(H,35,36)/t17-,18-,19-/m1/s1. The number of aromatic amines is 1. The highest BCUT2D eigenvalue weighted by Crippen LogP contribution is 2.39. The van der Waals surface area contributed by atoms with Crippen molar-refractivity contribution in [3.05, 3.63) is 41.1 Å². The molecule has 5 rings (SSSR count). The number of aryl methyl sites for hydroxylation is 2. The van der Waals surface area contributed by atoms with E-state index in [-0.39, 0.29) is 24.5 Å². The Balaban J connectivity index is 1.38. The first-order valence-corrected chi connectivity index (χ1v) is 13.3. The molecule has 1 aromatic carbocycles. The third-order valence-electron chi connectivity index (χ3n) is 7.43. The molecule has 3 N–H and O–H groups in total. The zero-order valence-corrected chi connectivity index (χ0v) is 22.3. The summed E-state index contributed by atoms with van der Waals surface area (Å²) >= 11 is 0. The predicted octanol–water partition coefficient (Wildman–Crippen LogP) is 3.92. The van der Waals surface area contributed by atoms with E-state index in [2.05, 4.69) is 25.6 Å². The number of halogens is 2. The first kappa shape index (κ1) is 27.0. The second kappa shape index (κ2) is 11.3. The van der Waals surface area contributed by atoms with Gasteiger partial charge in [0.05, 0.1) is 29.3 Å². The molecule has 2 heterocycles. The highest BCUT2D eigenvalue weighted by atomic mass is 19.1. The number of ether oxygens (including phenoxy) is 2. The summed E-state index contributed by atoms with van der Waals surface area (Å²) < 4.78 is 41.1. The van der Waals surface area contributed by atoms with Gasteiger partial charge in [-0.05, 0) is 57.1 Å². The second-order valence-electron chi connectivity index (χ2n) is 10.5. The maximum absolute atomic E-state index is 15.5. The van der Waals surface area contributed by atoms with Crippen molar-refractivity contribution < 1.29 is 27.8 Å². The number of amides is 2. The molecule has 2 fully saturated rings. The maximum atomic E-state index is 15.5. The molecule has 39 heavy (non-hydrogen) atoms. The molecule has 2 aromatic heterocycles. The van der Waals surface area contributed by atoms with E-state index >= 15 is 4.39 Å². The monoisotopic (exact) mass is 541 g/mol. The molecule has 11 heteroatoms. The fourth-order valence-corrected chi connectivity index (χ4v) is 5.13. The van der Waals surface area contributed by atoms with Gasteiger partial charge in [0.25, 0.3) is 5.91 Å². The van der Waals surface area contributed by atoms with Crippen LogP contribution in [-0.4, -0.2) is 65.3 Å². The first-order valence-electron chi connectivity index (χ1n) is 13.3. The molecule has 2 amide bonds. The minimum Gasteiger partial charge on any atom is -0.492 e. The minimum atomic E-state index is -1.30. The van der Waals surface area contributed by atoms with Crippen LogP contribution in [0.1, 0.15) is 53.7 Å². The van der Waals surface area contributed by atoms with Gasteiger partial charge in [0.1, 0.15) is 41.9 Å². The van der Waals surface area contributed by atoms with E-state index in [0.717, 1.165) is 12.8 Å². The molecule has 3 aromatic rings. The lowest BCUT2D eigenvalue weighted by Crippen LogP contribution is -2.50. The van der Waals surface area contributed by atoms with Gasteiger partial charge in [-0.2, -0.15) is 0 Å². The fraction of sp³-hybridized carbons (Fsp3) is 0.500. The van der Waals surface area contributed by atoms with Crippen LogP contribution in [0.15, 0.2) is 18.5 Å². The third-order valence-corrected chi connectivity index (χ3v) is 7.43. The zero-order valence-electron chi connectivity index (χ0n) is 22.3. The van der Waals surface area contributed by atoms with Crippen molar-refractivity contribution in [2.45, 2.75) is 64.2 Å². The smallest absolute Gasteiger partial charge is 0.255 e. The van der Waals surface area contributed by atoms with Crippen molar-refractivity contribution in [2.75, 3.05) is 20.3 Å². The van der Waals surface area contributed by atoms with Gasteiger partial charge in [-0.1, -0.05) is 6.07 Å². The van der Waals surface area contributed by atoms with Crippen molar-refractivity contribution in [3.8, 4) is 17.0 Å². The second-order valence-corrected chi connectivity index (χ2v) is 10.5. The number of hydrogen-bond acceptors (Lipinski definition) is 6. The topological polar surface area (TPSA) is 118 Å². The molecule has 0 bridgehead atoms. The molecule has 9 nitrogen and oxygen atoms in total. The van der Waals surface area contributed by atoms with Crippen LogP contribution in [0.2, 0.25) is 0 Å². The SMILES string of the molecule is COCC(=O)N[C@@H]1CC[C@@H](NC(=O)c2c(C)[nH]c3c(-c4c(OCC5CC5)ccc(C)c4F)ncnc23)C[C@H]1F. The Kier molecular flexibility index (Phi) is 7.79. The van der Waals surface area contributed by atoms with Crippen molar-refractivity contribution >= 4 is 22.8 Å². The summed E-state index contributed by atoms with van der Waals surface area (Å²) in [5, 5.41) is 5.56. The van der Waals surface area contributed by atoms with Gasteiger partial charge in [0.2, 0.25) is 5.91 Å². The Morgan fingerprint density at radius 3 is 2.64 bits per heavy atom. The predicted molar refractivity (Wildman–Crippen MR) is 141 cm³/mol. The number of benzene rings is 1. The van der Waals surface area contributed by atoms with Crippen LogP contribution in [0.3, 0.4) is 0 Å². The molecule has 2 aliphatic carbocycles. The van der Waals surface area contributed by atoms with Gasteiger partial charge in [0, 0.05) is 25.3 Å². The van der Waals surface area contributed by atoms with Crippen molar-refractivity contribution in [2.24, 2.45) is 5.92 Å². The average Bonchev–Trinajstić information content (AvgIpc) is 3.66. The molecule has 0 aliphatic heterocycles. The van der Waals surface area contributed by atoms with Gasteiger partial charge in [0.15, 0.2) is 0 Å². The van der Waals surface area contributed by atoms with Gasteiger partial charge in [-0.15, -0.1) is 0 Å². The molecular weight excluding hydrogens is 508 g/mol. The summed E-state index contributed by atoms with van der Waals surface area (Å²) in [5.41, 5.74) is 2.60. The summed E-state index contributed by atoms with van der Waals surface area (Å²) in [6, 6.07) is 2.39. The van der Waals surface area contributed by atoms with Crippen LogP contribution < -0.4 is 15.4 Å². The van der Waals surface area contributed by atoms with Crippen molar-refractivity contribution in [1.82, 2.24) is 25.6 Å². The number of carbonyl (C=O) groups excluding carboxylic acids is 2. The average molecular weight is 542 g/mol. The van der Waals surface area contributed by atoms with E-state index in [4.69, 9.17) is 9.47 Å². The summed E-state index contributed by atoms with van der Waals surface area (Å²) in [7, 11) is 1.40. The number of H-pyrrole nitrogens is 1. The summed E-state index contributed by atoms with van der Waals surface area (Å²) in [4.78, 5) is 37.1. The fourth-order valence-electron chi connectivity index (χ4n) is 5.13. The van der Waals surface area contributed by atoms with E-state index in [1.54, 1.807) is 26.0 Å². The summed E-state index contributed by atoms with van der Waals surface area (Å²) in [5.74, 6) is -0.339. The number of alkyl halides is 1. The number of fused-ring (bicyclic) bond motifs is 1. The molecule has 208 valence electrons. The zero-order chi connectivity index (χ0) is 27.7. The summed E-state index contributed by atoms with van der Waals surface area (Å²) in [6.45, 7) is 3.79. The lowest BCUT2D eigenvalue weighted by Gasteiger charge is -2.32. The van der Waals surface area contributed by atoms with Crippen molar-refractivity contribution in [1.29, 1.82) is 0 Å². The van der Waals surface area contributed by atoms with E-state index < -0.39 is 30.0 Å². The van der Waals surface area contributed by atoms with Gasteiger partial charge in [-0.3, -0.25) is 9.59 Å². The molecule has 2 saturated carbocycles. The quantitative estimate of drug-likeness (QED) is 0.378. The van der Waals surface area contributed by atoms with Gasteiger partial charge in [-0.25, -0.2) is 18.7 Å². The number of aromatic nitrogens is 3. The number of nitrogens with one attached hydrogen (secondary N) is 3. The molecule has 0 radical (unpaired) electrons. The van der Waals surface area contributed by atoms with Crippen LogP contribution in [-0.2, 0) is 9.53 Å². The Hall–Kier alpha value is -3.60. The molecule has 0 spiro atoms. The van der Waals surface area contributed by atoms with Crippen LogP contribution in [0, 0.1) is 25.6 Å². The Morgan fingerprint density at radius 1 is 1.13 bits per heavy atom. The van der Waals surface area contributed by atoms with Gasteiger partial charge >= 0.3 is 0 Å². The lowest BCUT2D eigenvalue weighted by molar-refractivity contribution is -0.126. The minimum absolute atomic E-state index is 0.0709. The Bertz CT molecular complexity index is 1390. The first-order chi connectivity index (χ1) is 18.8. The Labute approximate surface area is 225 Å². The van der Waals surface area contributed by atoms with Crippen LogP contribution in [0.25, 0.3) is 22.3 Å². The largest absolute Gasteiger partial charge is 0.492 e. The van der Waals surface area contributed by atoms with Crippen LogP contribution in [0.5, 0.6) is 5.75 Å². The lowest BCUT2D eigenvalue weighted by atomic mass is 9.89. The number of rotatable bonds is 9. The van der Waals surface area contributed by atoms with E-state index in [1.807, 2.05) is 0 Å². The van der Waals surface area contributed by atoms with E-state index in [1.165, 1.54) is 13.4 Å². The molecular formula is C28H33F2N5O4. The van der Waals surface area contributed by atoms with E-state index in [0.29, 0.717) is 64.7 Å². The normalized spacial score (nSPS) is 21.1. The molecule has 0 unspecified atom stereocenters. The number of nitrogens with zero attached hydrogens (tertiary/aromatic N) is 2. The number of methoxy groups -OCH3 is 1. The Morgan fingerprint density at radius 2 is 1.92 bits per heavy atom. The summed E-state index contributed by atoms with van der Waals surface area (Å²) in [6.07, 6.45) is 3.16. The number of carbonyl (C=O) groups is 2. The van der Waals surface area contributed by atoms with Gasteiger partial charge < -0.3 is 25.1 Å². The van der Waals surface area contributed by atoms with E-state index in [9.17, 15) is 14.0 Å². The van der Waals surface area contributed by atoms with Crippen molar-refractivity contribution in [3.63, 3.8) is 0 Å². The highest BCUT2D eigenvalue weighted by molar-refractivity contribution is 6.09. The van der Waals surface area contributed by atoms with Crippen LogP contribution in [0.4, 0.5) is 8.78 Å². The molecule has 3 atom stereocenters. The maximum Gasteiger partial charge on any atom is 0.255 e. The molecule has 2 aliphatic rings. The molecule has 0 saturated heterocycles. The number of hydrogen-bond donors (Lipinski definition) is 3.